The summed E-state index contributed by atoms with van der Waals surface area (Å²) in [5.41, 5.74) is -0.124. The zero-order chi connectivity index (χ0) is 15.8. The lowest BCUT2D eigenvalue weighted by Crippen LogP contribution is -2.63. The van der Waals surface area contributed by atoms with E-state index < -0.39 is 6.04 Å². The van der Waals surface area contributed by atoms with Crippen molar-refractivity contribution in [2.45, 2.75) is 46.6 Å². The maximum absolute atomic E-state index is 12.7. The molecule has 5 nitrogen and oxygen atoms in total. The minimum absolute atomic E-state index is 0.0361. The van der Waals surface area contributed by atoms with Crippen molar-refractivity contribution in [3.63, 3.8) is 0 Å². The molecule has 1 N–H and O–H groups in total. The van der Waals surface area contributed by atoms with Crippen LogP contribution in [0.3, 0.4) is 0 Å². The van der Waals surface area contributed by atoms with Gasteiger partial charge in [-0.15, -0.1) is 0 Å². The van der Waals surface area contributed by atoms with Crippen LogP contribution in [0.15, 0.2) is 0 Å². The third kappa shape index (κ3) is 3.76. The Balaban J connectivity index is 2.08. The molecule has 0 aromatic rings. The van der Waals surface area contributed by atoms with Crippen LogP contribution < -0.4 is 5.32 Å². The van der Waals surface area contributed by atoms with Gasteiger partial charge < -0.3 is 15.1 Å². The number of carbonyl (C=O) groups is 2. The first kappa shape index (κ1) is 16.3. The van der Waals surface area contributed by atoms with E-state index >= 15 is 0 Å². The van der Waals surface area contributed by atoms with Crippen LogP contribution in [-0.2, 0) is 9.59 Å². The third-order valence-corrected chi connectivity index (χ3v) is 4.83. The molecule has 2 fully saturated rings. The van der Waals surface area contributed by atoms with Gasteiger partial charge in [-0.1, -0.05) is 27.7 Å². The Labute approximate surface area is 128 Å². The number of nitrogens with zero attached hydrogens (tertiary/aromatic N) is 2. The van der Waals surface area contributed by atoms with Gasteiger partial charge in [-0.25, -0.2) is 0 Å². The highest BCUT2D eigenvalue weighted by Gasteiger charge is 2.42. The molecule has 0 spiro atoms. The van der Waals surface area contributed by atoms with Crippen LogP contribution >= 0.6 is 0 Å². The second-order valence-corrected chi connectivity index (χ2v) is 8.17. The van der Waals surface area contributed by atoms with Gasteiger partial charge in [0, 0.05) is 6.54 Å². The molecule has 0 aliphatic carbocycles. The molecule has 2 aliphatic rings. The Morgan fingerprint density at radius 2 is 1.81 bits per heavy atom. The summed E-state index contributed by atoms with van der Waals surface area (Å²) in [6.45, 7) is 11.3. The van der Waals surface area contributed by atoms with Gasteiger partial charge in [0.15, 0.2) is 0 Å². The fourth-order valence-corrected chi connectivity index (χ4v) is 3.20. The minimum atomic E-state index is -0.409. The minimum Gasteiger partial charge on any atom is -0.342 e. The molecule has 21 heavy (non-hydrogen) atoms. The van der Waals surface area contributed by atoms with Crippen LogP contribution in [0.5, 0.6) is 0 Å². The Kier molecular flexibility index (Phi) is 4.34. The molecule has 5 heteroatoms. The second kappa shape index (κ2) is 5.59. The molecule has 0 aromatic carbocycles. The topological polar surface area (TPSA) is 52.6 Å². The lowest BCUT2D eigenvalue weighted by molar-refractivity contribution is -0.149. The first-order valence-corrected chi connectivity index (χ1v) is 7.87. The molecule has 0 aromatic heterocycles. The van der Waals surface area contributed by atoms with E-state index in [1.165, 1.54) is 0 Å². The summed E-state index contributed by atoms with van der Waals surface area (Å²) in [7, 11) is 2.13. The summed E-state index contributed by atoms with van der Waals surface area (Å²) in [5, 5.41) is 2.85. The summed E-state index contributed by atoms with van der Waals surface area (Å²) in [6.07, 6.45) is 2.16. The standard InChI is InChI=1S/C16H29N3O2/c1-15(2,3)13-14(21)19(10-12(20)17-13)11-16(4)6-8-18(5)9-7-16/h13H,6-11H2,1-5H3,(H,17,20). The van der Waals surface area contributed by atoms with Gasteiger partial charge in [0.25, 0.3) is 0 Å². The van der Waals surface area contributed by atoms with E-state index in [2.05, 4.69) is 24.2 Å². The van der Waals surface area contributed by atoms with Gasteiger partial charge >= 0.3 is 0 Å². The number of carbonyl (C=O) groups excluding carboxylic acids is 2. The van der Waals surface area contributed by atoms with Crippen molar-refractivity contribution in [2.75, 3.05) is 33.2 Å². The van der Waals surface area contributed by atoms with Crippen LogP contribution in [0.25, 0.3) is 0 Å². The van der Waals surface area contributed by atoms with Crippen molar-refractivity contribution in [3.05, 3.63) is 0 Å². The number of piperazine rings is 1. The zero-order valence-electron chi connectivity index (χ0n) is 14.0. The quantitative estimate of drug-likeness (QED) is 0.830. The number of piperidine rings is 1. The SMILES string of the molecule is CN1CCC(C)(CN2CC(=O)NC(C(C)(C)C)C2=O)CC1. The summed E-state index contributed by atoms with van der Waals surface area (Å²) >= 11 is 0. The van der Waals surface area contributed by atoms with Crippen LogP contribution in [0.4, 0.5) is 0 Å². The lowest BCUT2D eigenvalue weighted by Gasteiger charge is -2.45. The predicted octanol–water partition coefficient (Wildman–Crippen LogP) is 1.09. The van der Waals surface area contributed by atoms with Crippen molar-refractivity contribution < 1.29 is 9.59 Å². The normalized spacial score (nSPS) is 27.7. The molecular formula is C16H29N3O2. The van der Waals surface area contributed by atoms with Gasteiger partial charge in [0.05, 0.1) is 6.54 Å². The van der Waals surface area contributed by atoms with Crippen molar-refractivity contribution >= 4 is 11.8 Å². The largest absolute Gasteiger partial charge is 0.342 e. The Morgan fingerprint density at radius 1 is 1.24 bits per heavy atom. The van der Waals surface area contributed by atoms with E-state index in [-0.39, 0.29) is 29.2 Å². The van der Waals surface area contributed by atoms with Gasteiger partial charge in [0.2, 0.25) is 11.8 Å². The predicted molar refractivity (Wildman–Crippen MR) is 82.8 cm³/mol. The van der Waals surface area contributed by atoms with Crippen LogP contribution in [0.1, 0.15) is 40.5 Å². The number of amides is 2. The molecular weight excluding hydrogens is 266 g/mol. The average molecular weight is 295 g/mol. The lowest BCUT2D eigenvalue weighted by atomic mass is 9.79. The summed E-state index contributed by atoms with van der Waals surface area (Å²) in [5.74, 6) is 0.0355. The summed E-state index contributed by atoms with van der Waals surface area (Å²) in [4.78, 5) is 28.8. The molecule has 2 amide bonds. The highest BCUT2D eigenvalue weighted by atomic mass is 16.2. The molecule has 1 unspecified atom stereocenters. The smallest absolute Gasteiger partial charge is 0.246 e. The molecule has 120 valence electrons. The molecule has 2 aliphatic heterocycles. The molecule has 0 saturated carbocycles. The summed E-state index contributed by atoms with van der Waals surface area (Å²) in [6, 6.07) is -0.409. The molecule has 2 saturated heterocycles. The van der Waals surface area contributed by atoms with Gasteiger partial charge in [-0.2, -0.15) is 0 Å². The monoisotopic (exact) mass is 295 g/mol. The Bertz CT molecular complexity index is 420. The fraction of sp³-hybridized carbons (Fsp3) is 0.875. The van der Waals surface area contributed by atoms with E-state index in [4.69, 9.17) is 0 Å². The fourth-order valence-electron chi connectivity index (χ4n) is 3.20. The number of rotatable bonds is 2. The van der Waals surface area contributed by atoms with Gasteiger partial charge in [0.1, 0.15) is 6.04 Å². The molecule has 1 atom stereocenters. The van der Waals surface area contributed by atoms with Crippen LogP contribution in [0, 0.1) is 10.8 Å². The van der Waals surface area contributed by atoms with Crippen molar-refractivity contribution in [1.29, 1.82) is 0 Å². The average Bonchev–Trinajstić information content (AvgIpc) is 2.36. The number of likely N-dealkylation sites (tertiary alicyclic amines) is 1. The van der Waals surface area contributed by atoms with Crippen molar-refractivity contribution in [1.82, 2.24) is 15.1 Å². The first-order valence-electron chi connectivity index (χ1n) is 7.87. The third-order valence-electron chi connectivity index (χ3n) is 4.83. The van der Waals surface area contributed by atoms with Gasteiger partial charge in [-0.3, -0.25) is 9.59 Å². The number of nitrogens with one attached hydrogen (secondary N) is 1. The van der Waals surface area contributed by atoms with E-state index in [1.807, 2.05) is 20.8 Å². The number of hydrogen-bond donors (Lipinski definition) is 1. The molecule has 0 bridgehead atoms. The Hall–Kier alpha value is -1.10. The number of hydrogen-bond acceptors (Lipinski definition) is 3. The van der Waals surface area contributed by atoms with Crippen LogP contribution in [0.2, 0.25) is 0 Å². The molecule has 2 heterocycles. The molecule has 0 radical (unpaired) electrons. The van der Waals surface area contributed by atoms with E-state index in [0.717, 1.165) is 25.9 Å². The van der Waals surface area contributed by atoms with E-state index in [1.54, 1.807) is 4.90 Å². The highest BCUT2D eigenvalue weighted by Crippen LogP contribution is 2.33. The first-order chi connectivity index (χ1) is 9.61. The van der Waals surface area contributed by atoms with E-state index in [9.17, 15) is 9.59 Å². The van der Waals surface area contributed by atoms with Gasteiger partial charge in [-0.05, 0) is 43.8 Å². The van der Waals surface area contributed by atoms with Crippen molar-refractivity contribution in [3.8, 4) is 0 Å². The maximum Gasteiger partial charge on any atom is 0.246 e. The van der Waals surface area contributed by atoms with E-state index in [0.29, 0.717) is 6.54 Å². The molecule has 2 rings (SSSR count). The Morgan fingerprint density at radius 3 is 2.33 bits per heavy atom. The summed E-state index contributed by atoms with van der Waals surface area (Å²) < 4.78 is 0. The highest BCUT2D eigenvalue weighted by molar-refractivity contribution is 5.95. The van der Waals surface area contributed by atoms with Crippen LogP contribution in [-0.4, -0.2) is 60.9 Å². The second-order valence-electron chi connectivity index (χ2n) is 8.17. The van der Waals surface area contributed by atoms with Crippen molar-refractivity contribution in [2.24, 2.45) is 10.8 Å². The maximum atomic E-state index is 12.7. The zero-order valence-corrected chi connectivity index (χ0v) is 14.0.